The van der Waals surface area contributed by atoms with Crippen LogP contribution in [-0.4, -0.2) is 22.0 Å². The van der Waals surface area contributed by atoms with Gasteiger partial charge in [0.05, 0.1) is 12.2 Å². The lowest BCUT2D eigenvalue weighted by molar-refractivity contribution is 0.206. The number of rotatable bonds is 8. The van der Waals surface area contributed by atoms with Crippen molar-refractivity contribution in [3.63, 3.8) is 0 Å². The van der Waals surface area contributed by atoms with Crippen LogP contribution >= 0.6 is 11.6 Å². The minimum absolute atomic E-state index is 0.186. The molecule has 0 aliphatic heterocycles. The van der Waals surface area contributed by atoms with Gasteiger partial charge >= 0.3 is 6.03 Å². The molecule has 0 saturated heterocycles. The number of halogens is 2. The first-order valence-corrected chi connectivity index (χ1v) is 10.1. The summed E-state index contributed by atoms with van der Waals surface area (Å²) in [5, 5.41) is 3.41. The molecule has 0 radical (unpaired) electrons. The van der Waals surface area contributed by atoms with Crippen molar-refractivity contribution in [3.05, 3.63) is 89.0 Å². The average molecular weight is 414 g/mol. The van der Waals surface area contributed by atoms with E-state index in [4.69, 9.17) is 11.6 Å². The molecule has 0 aliphatic carbocycles. The number of carbonyl (C=O) groups excluding carboxylic acids is 1. The number of nitrogens with zero attached hydrogens (tertiary/aromatic N) is 2. The molecule has 3 rings (SSSR count). The molecule has 152 valence electrons. The van der Waals surface area contributed by atoms with E-state index in [1.165, 1.54) is 6.07 Å². The summed E-state index contributed by atoms with van der Waals surface area (Å²) < 4.78 is 16.0. The lowest BCUT2D eigenvalue weighted by Crippen LogP contribution is -2.36. The molecular weight excluding hydrogens is 389 g/mol. The molecule has 0 aliphatic rings. The highest BCUT2D eigenvalue weighted by Crippen LogP contribution is 2.19. The Morgan fingerprint density at radius 2 is 1.86 bits per heavy atom. The Morgan fingerprint density at radius 1 is 1.10 bits per heavy atom. The molecule has 2 amide bonds. The maximum atomic E-state index is 13.9. The molecule has 0 saturated carbocycles. The molecule has 0 spiro atoms. The summed E-state index contributed by atoms with van der Waals surface area (Å²) in [5.74, 6) is -0.446. The first-order valence-electron chi connectivity index (χ1n) is 9.76. The van der Waals surface area contributed by atoms with Crippen LogP contribution in [0.5, 0.6) is 0 Å². The third-order valence-electron chi connectivity index (χ3n) is 4.76. The molecule has 3 aromatic rings. The summed E-state index contributed by atoms with van der Waals surface area (Å²) in [5.41, 5.74) is 2.19. The quantitative estimate of drug-likeness (QED) is 0.471. The zero-order valence-electron chi connectivity index (χ0n) is 16.4. The monoisotopic (exact) mass is 413 g/mol. The van der Waals surface area contributed by atoms with Gasteiger partial charge in [-0.2, -0.15) is 0 Å². The van der Waals surface area contributed by atoms with Gasteiger partial charge in [0.25, 0.3) is 0 Å². The van der Waals surface area contributed by atoms with Gasteiger partial charge in [0.15, 0.2) is 0 Å². The van der Waals surface area contributed by atoms with Gasteiger partial charge in [-0.1, -0.05) is 55.3 Å². The topological polar surface area (TPSA) is 37.3 Å². The van der Waals surface area contributed by atoms with E-state index in [0.29, 0.717) is 24.7 Å². The van der Waals surface area contributed by atoms with Crippen LogP contribution in [0, 0.1) is 5.82 Å². The van der Waals surface area contributed by atoms with Gasteiger partial charge in [0.2, 0.25) is 0 Å². The molecule has 4 nitrogen and oxygen atoms in total. The lowest BCUT2D eigenvalue weighted by Gasteiger charge is -2.24. The number of nitrogens with one attached hydrogen (secondary N) is 1. The van der Waals surface area contributed by atoms with Crippen molar-refractivity contribution in [2.24, 2.45) is 0 Å². The summed E-state index contributed by atoms with van der Waals surface area (Å²) in [4.78, 5) is 14.6. The minimum Gasteiger partial charge on any atom is -0.345 e. The first kappa shape index (κ1) is 20.9. The van der Waals surface area contributed by atoms with Crippen molar-refractivity contribution in [3.8, 4) is 0 Å². The number of anilines is 1. The first-order chi connectivity index (χ1) is 14.1. The van der Waals surface area contributed by atoms with Crippen LogP contribution in [0.4, 0.5) is 14.9 Å². The van der Waals surface area contributed by atoms with Gasteiger partial charge < -0.3 is 14.8 Å². The number of urea groups is 1. The zero-order valence-corrected chi connectivity index (χ0v) is 17.2. The SMILES string of the molecule is CCCCN(Cc1cccn1Cc1ccccc1Cl)C(=O)Nc1ccccc1F. The van der Waals surface area contributed by atoms with Crippen LogP contribution in [0.25, 0.3) is 0 Å². The highest BCUT2D eigenvalue weighted by atomic mass is 35.5. The number of benzene rings is 2. The molecule has 1 aromatic heterocycles. The van der Waals surface area contributed by atoms with Crippen LogP contribution in [0.2, 0.25) is 5.02 Å². The molecule has 0 bridgehead atoms. The van der Waals surface area contributed by atoms with E-state index in [1.54, 1.807) is 23.1 Å². The number of amides is 2. The van der Waals surface area contributed by atoms with Crippen molar-refractivity contribution < 1.29 is 9.18 Å². The van der Waals surface area contributed by atoms with Crippen molar-refractivity contribution in [1.82, 2.24) is 9.47 Å². The van der Waals surface area contributed by atoms with Gasteiger partial charge in [0, 0.05) is 30.0 Å². The van der Waals surface area contributed by atoms with E-state index >= 15 is 0 Å². The summed E-state index contributed by atoms with van der Waals surface area (Å²) >= 11 is 6.30. The maximum Gasteiger partial charge on any atom is 0.322 e. The average Bonchev–Trinajstić information content (AvgIpc) is 3.15. The highest BCUT2D eigenvalue weighted by Gasteiger charge is 2.17. The van der Waals surface area contributed by atoms with Crippen LogP contribution in [0.3, 0.4) is 0 Å². The summed E-state index contributed by atoms with van der Waals surface area (Å²) in [6, 6.07) is 17.6. The molecule has 6 heteroatoms. The Bertz CT molecular complexity index is 957. The second-order valence-corrected chi connectivity index (χ2v) is 7.31. The van der Waals surface area contributed by atoms with Gasteiger partial charge in [-0.05, 0) is 42.3 Å². The van der Waals surface area contributed by atoms with Crippen molar-refractivity contribution in [1.29, 1.82) is 0 Å². The second kappa shape index (κ2) is 10.1. The van der Waals surface area contributed by atoms with Crippen molar-refractivity contribution in [2.45, 2.75) is 32.9 Å². The van der Waals surface area contributed by atoms with E-state index in [2.05, 4.69) is 16.8 Å². The van der Waals surface area contributed by atoms with Crippen LogP contribution in [0.1, 0.15) is 31.0 Å². The van der Waals surface area contributed by atoms with E-state index in [0.717, 1.165) is 24.1 Å². The van der Waals surface area contributed by atoms with E-state index in [-0.39, 0.29) is 11.7 Å². The minimum atomic E-state index is -0.446. The fourth-order valence-corrected chi connectivity index (χ4v) is 3.31. The van der Waals surface area contributed by atoms with Gasteiger partial charge in [-0.25, -0.2) is 9.18 Å². The molecule has 1 heterocycles. The Labute approximate surface area is 175 Å². The lowest BCUT2D eigenvalue weighted by atomic mass is 10.2. The largest absolute Gasteiger partial charge is 0.345 e. The molecule has 0 unspecified atom stereocenters. The normalized spacial score (nSPS) is 10.7. The zero-order chi connectivity index (χ0) is 20.6. The summed E-state index contributed by atoms with van der Waals surface area (Å²) in [7, 11) is 0. The molecule has 29 heavy (non-hydrogen) atoms. The van der Waals surface area contributed by atoms with E-state index in [9.17, 15) is 9.18 Å². The number of hydrogen-bond donors (Lipinski definition) is 1. The standard InChI is InChI=1S/C23H25ClFN3O/c1-2-3-14-28(23(29)26-22-13-7-6-12-21(22)25)17-19-10-8-15-27(19)16-18-9-4-5-11-20(18)24/h4-13,15H,2-3,14,16-17H2,1H3,(H,26,29). The summed E-state index contributed by atoms with van der Waals surface area (Å²) in [6.45, 7) is 3.72. The number of unbranched alkanes of at least 4 members (excludes halogenated alkanes) is 1. The number of aromatic nitrogens is 1. The Balaban J connectivity index is 1.75. The molecule has 1 N–H and O–H groups in total. The van der Waals surface area contributed by atoms with Crippen molar-refractivity contribution in [2.75, 3.05) is 11.9 Å². The predicted molar refractivity (Wildman–Crippen MR) is 116 cm³/mol. The number of carbonyl (C=O) groups is 1. The molecule has 0 fully saturated rings. The van der Waals surface area contributed by atoms with E-state index < -0.39 is 5.82 Å². The smallest absolute Gasteiger partial charge is 0.322 e. The van der Waals surface area contributed by atoms with Gasteiger partial charge in [-0.3, -0.25) is 0 Å². The van der Waals surface area contributed by atoms with Crippen LogP contribution in [0.15, 0.2) is 66.9 Å². The second-order valence-electron chi connectivity index (χ2n) is 6.90. The Kier molecular flexibility index (Phi) is 7.30. The fourth-order valence-electron chi connectivity index (χ4n) is 3.11. The van der Waals surface area contributed by atoms with E-state index in [1.807, 2.05) is 42.6 Å². The Morgan fingerprint density at radius 3 is 2.62 bits per heavy atom. The third kappa shape index (κ3) is 5.61. The van der Waals surface area contributed by atoms with Crippen LogP contribution < -0.4 is 5.32 Å². The van der Waals surface area contributed by atoms with Crippen LogP contribution in [-0.2, 0) is 13.1 Å². The predicted octanol–water partition coefficient (Wildman–Crippen LogP) is 6.16. The van der Waals surface area contributed by atoms with Gasteiger partial charge in [-0.15, -0.1) is 0 Å². The fraction of sp³-hybridized carbons (Fsp3) is 0.261. The van der Waals surface area contributed by atoms with Gasteiger partial charge in [0.1, 0.15) is 5.82 Å². The summed E-state index contributed by atoms with van der Waals surface area (Å²) in [6.07, 6.45) is 3.81. The molecule has 0 atom stereocenters. The Hall–Kier alpha value is -2.79. The molecule has 2 aromatic carbocycles. The maximum absolute atomic E-state index is 13.9. The molecular formula is C23H25ClFN3O. The number of para-hydroxylation sites is 1. The van der Waals surface area contributed by atoms with Crippen molar-refractivity contribution >= 4 is 23.3 Å². The highest BCUT2D eigenvalue weighted by molar-refractivity contribution is 6.31. The number of hydrogen-bond acceptors (Lipinski definition) is 1. The third-order valence-corrected chi connectivity index (χ3v) is 5.13.